The van der Waals surface area contributed by atoms with Gasteiger partial charge in [0.15, 0.2) is 0 Å². The Bertz CT molecular complexity index is 1100. The number of pyridine rings is 2. The van der Waals surface area contributed by atoms with Gasteiger partial charge in [0.25, 0.3) is 5.91 Å². The average molecular weight is 417 g/mol. The van der Waals surface area contributed by atoms with Crippen LogP contribution in [-0.4, -0.2) is 38.3 Å². The highest BCUT2D eigenvalue weighted by Crippen LogP contribution is 2.32. The molecule has 1 aliphatic rings. The summed E-state index contributed by atoms with van der Waals surface area (Å²) >= 11 is 0. The molecule has 160 valence electrons. The SMILES string of the molecule is CC(=O)N(C1CCCC1)C(C)(C)C(=O)Nc1cc(-c2ccccn2)c2ccccc2n1. The van der Waals surface area contributed by atoms with E-state index in [0.717, 1.165) is 47.8 Å². The molecule has 1 aliphatic carbocycles. The van der Waals surface area contributed by atoms with Crippen molar-refractivity contribution in [1.82, 2.24) is 14.9 Å². The van der Waals surface area contributed by atoms with Crippen molar-refractivity contribution in [3.05, 3.63) is 54.7 Å². The van der Waals surface area contributed by atoms with Crippen molar-refractivity contribution >= 4 is 28.5 Å². The molecule has 2 aromatic heterocycles. The van der Waals surface area contributed by atoms with Crippen molar-refractivity contribution in [3.8, 4) is 11.3 Å². The molecule has 1 fully saturated rings. The summed E-state index contributed by atoms with van der Waals surface area (Å²) in [5, 5.41) is 3.94. The molecule has 0 unspecified atom stereocenters. The Labute approximate surface area is 182 Å². The summed E-state index contributed by atoms with van der Waals surface area (Å²) in [6.07, 6.45) is 5.80. The lowest BCUT2D eigenvalue weighted by atomic mass is 9.97. The van der Waals surface area contributed by atoms with Crippen LogP contribution in [-0.2, 0) is 9.59 Å². The van der Waals surface area contributed by atoms with Crippen LogP contribution >= 0.6 is 0 Å². The summed E-state index contributed by atoms with van der Waals surface area (Å²) < 4.78 is 0. The maximum Gasteiger partial charge on any atom is 0.250 e. The standard InChI is InChI=1S/C25H28N4O2/c1-17(30)29(18-10-4-5-11-18)25(2,3)24(31)28-23-16-20(21-13-8-9-15-26-21)19-12-6-7-14-22(19)27-23/h6-9,12-16,18H,4-5,10-11H2,1-3H3,(H,27,28,31). The van der Waals surface area contributed by atoms with Crippen LogP contribution in [0, 0.1) is 0 Å². The largest absolute Gasteiger partial charge is 0.326 e. The van der Waals surface area contributed by atoms with E-state index in [1.54, 1.807) is 18.0 Å². The smallest absolute Gasteiger partial charge is 0.250 e. The number of rotatable bonds is 5. The molecule has 0 spiro atoms. The first-order valence-corrected chi connectivity index (χ1v) is 10.8. The van der Waals surface area contributed by atoms with E-state index in [2.05, 4.69) is 15.3 Å². The fourth-order valence-electron chi connectivity index (χ4n) is 4.62. The van der Waals surface area contributed by atoms with Gasteiger partial charge in [0, 0.05) is 30.1 Å². The van der Waals surface area contributed by atoms with Crippen LogP contribution in [0.5, 0.6) is 0 Å². The minimum absolute atomic E-state index is 0.0762. The van der Waals surface area contributed by atoms with Crippen LogP contribution in [0.1, 0.15) is 46.5 Å². The molecule has 6 nitrogen and oxygen atoms in total. The maximum atomic E-state index is 13.4. The third-order valence-electron chi connectivity index (χ3n) is 6.09. The monoisotopic (exact) mass is 416 g/mol. The highest BCUT2D eigenvalue weighted by molar-refractivity contribution is 6.02. The summed E-state index contributed by atoms with van der Waals surface area (Å²) in [5.74, 6) is 0.129. The fourth-order valence-corrected chi connectivity index (χ4v) is 4.62. The van der Waals surface area contributed by atoms with Crippen LogP contribution in [0.2, 0.25) is 0 Å². The van der Waals surface area contributed by atoms with Gasteiger partial charge in [-0.3, -0.25) is 14.6 Å². The summed E-state index contributed by atoms with van der Waals surface area (Å²) in [6.45, 7) is 5.16. The lowest BCUT2D eigenvalue weighted by Crippen LogP contribution is -2.58. The van der Waals surface area contributed by atoms with Crippen molar-refractivity contribution in [1.29, 1.82) is 0 Å². The molecule has 0 atom stereocenters. The van der Waals surface area contributed by atoms with Crippen LogP contribution < -0.4 is 5.32 Å². The molecule has 0 aliphatic heterocycles. The molecule has 1 aromatic carbocycles. The molecule has 31 heavy (non-hydrogen) atoms. The molecule has 1 N–H and O–H groups in total. The van der Waals surface area contributed by atoms with Gasteiger partial charge in [-0.25, -0.2) is 4.98 Å². The zero-order valence-corrected chi connectivity index (χ0v) is 18.3. The van der Waals surface area contributed by atoms with Gasteiger partial charge in [-0.2, -0.15) is 0 Å². The Morgan fingerprint density at radius 2 is 1.77 bits per heavy atom. The first-order valence-electron chi connectivity index (χ1n) is 10.8. The molecule has 1 saturated carbocycles. The Morgan fingerprint density at radius 3 is 2.45 bits per heavy atom. The van der Waals surface area contributed by atoms with Crippen LogP contribution in [0.15, 0.2) is 54.7 Å². The number of nitrogens with one attached hydrogen (secondary N) is 1. The quantitative estimate of drug-likeness (QED) is 0.648. The van der Waals surface area contributed by atoms with E-state index in [1.165, 1.54) is 0 Å². The predicted octanol–water partition coefficient (Wildman–Crippen LogP) is 4.81. The fraction of sp³-hybridized carbons (Fsp3) is 0.360. The molecule has 2 heterocycles. The molecule has 3 aromatic rings. The van der Waals surface area contributed by atoms with E-state index in [9.17, 15) is 9.59 Å². The molecule has 6 heteroatoms. The minimum atomic E-state index is -0.987. The summed E-state index contributed by atoms with van der Waals surface area (Å²) in [6, 6.07) is 15.5. The van der Waals surface area contributed by atoms with Crippen molar-refractivity contribution in [2.75, 3.05) is 5.32 Å². The number of amides is 2. The van der Waals surface area contributed by atoms with Gasteiger partial charge in [-0.1, -0.05) is 37.1 Å². The van der Waals surface area contributed by atoms with Crippen molar-refractivity contribution < 1.29 is 9.59 Å². The highest BCUT2D eigenvalue weighted by Gasteiger charge is 2.41. The molecule has 0 radical (unpaired) electrons. The second-order valence-corrected chi connectivity index (χ2v) is 8.63. The predicted molar refractivity (Wildman–Crippen MR) is 122 cm³/mol. The van der Waals surface area contributed by atoms with Gasteiger partial charge < -0.3 is 10.2 Å². The first-order chi connectivity index (χ1) is 14.9. The van der Waals surface area contributed by atoms with E-state index in [4.69, 9.17) is 0 Å². The second kappa shape index (κ2) is 8.46. The lowest BCUT2D eigenvalue weighted by Gasteiger charge is -2.40. The first kappa shape index (κ1) is 21.0. The number of carbonyl (C=O) groups excluding carboxylic acids is 2. The van der Waals surface area contributed by atoms with Crippen LogP contribution in [0.25, 0.3) is 22.2 Å². The number of benzene rings is 1. The number of carbonyl (C=O) groups is 2. The number of para-hydroxylation sites is 1. The van der Waals surface area contributed by atoms with Gasteiger partial charge in [0.1, 0.15) is 11.4 Å². The minimum Gasteiger partial charge on any atom is -0.326 e. The summed E-state index contributed by atoms with van der Waals surface area (Å²) in [4.78, 5) is 36.7. The molecule has 4 rings (SSSR count). The summed E-state index contributed by atoms with van der Waals surface area (Å²) in [7, 11) is 0. The van der Waals surface area contributed by atoms with Crippen molar-refractivity contribution in [3.63, 3.8) is 0 Å². The molecular weight excluding hydrogens is 388 g/mol. The van der Waals surface area contributed by atoms with Gasteiger partial charge in [-0.05, 0) is 51.0 Å². The van der Waals surface area contributed by atoms with E-state index < -0.39 is 5.54 Å². The van der Waals surface area contributed by atoms with Crippen LogP contribution in [0.3, 0.4) is 0 Å². The van der Waals surface area contributed by atoms with E-state index in [0.29, 0.717) is 5.82 Å². The van der Waals surface area contributed by atoms with E-state index in [-0.39, 0.29) is 17.9 Å². The summed E-state index contributed by atoms with van der Waals surface area (Å²) in [5.41, 5.74) is 1.50. The zero-order chi connectivity index (χ0) is 22.0. The van der Waals surface area contributed by atoms with Crippen LogP contribution in [0.4, 0.5) is 5.82 Å². The maximum absolute atomic E-state index is 13.4. The normalized spacial score (nSPS) is 14.5. The number of aromatic nitrogens is 2. The number of fused-ring (bicyclic) bond motifs is 1. The van der Waals surface area contributed by atoms with E-state index >= 15 is 0 Å². The Kier molecular flexibility index (Phi) is 5.72. The number of anilines is 1. The molecule has 0 bridgehead atoms. The molecular formula is C25H28N4O2. The van der Waals surface area contributed by atoms with Gasteiger partial charge in [0.2, 0.25) is 5.91 Å². The molecule has 2 amide bonds. The number of hydrogen-bond acceptors (Lipinski definition) is 4. The second-order valence-electron chi connectivity index (χ2n) is 8.63. The Hall–Kier alpha value is -3.28. The third-order valence-corrected chi connectivity index (χ3v) is 6.09. The topological polar surface area (TPSA) is 75.2 Å². The van der Waals surface area contributed by atoms with Gasteiger partial charge >= 0.3 is 0 Å². The Morgan fingerprint density at radius 1 is 1.06 bits per heavy atom. The number of nitrogens with zero attached hydrogens (tertiary/aromatic N) is 3. The van der Waals surface area contributed by atoms with Crippen molar-refractivity contribution in [2.45, 2.75) is 58.0 Å². The zero-order valence-electron chi connectivity index (χ0n) is 18.3. The number of hydrogen-bond donors (Lipinski definition) is 1. The third kappa shape index (κ3) is 4.15. The lowest BCUT2D eigenvalue weighted by molar-refractivity contribution is -0.145. The van der Waals surface area contributed by atoms with Gasteiger partial charge in [0.05, 0.1) is 11.2 Å². The van der Waals surface area contributed by atoms with E-state index in [1.807, 2.05) is 62.4 Å². The average Bonchev–Trinajstić information content (AvgIpc) is 3.27. The van der Waals surface area contributed by atoms with Gasteiger partial charge in [-0.15, -0.1) is 0 Å². The highest BCUT2D eigenvalue weighted by atomic mass is 16.2. The van der Waals surface area contributed by atoms with Crippen molar-refractivity contribution in [2.24, 2.45) is 0 Å². The molecule has 0 saturated heterocycles. The Balaban J connectivity index is 1.69.